The molecule has 2 aromatic rings. The molecule has 0 bridgehead atoms. The molecule has 0 fully saturated rings. The Morgan fingerprint density at radius 2 is 2.14 bits per heavy atom. The summed E-state index contributed by atoms with van der Waals surface area (Å²) in [4.78, 5) is 25.6. The lowest BCUT2D eigenvalue weighted by molar-refractivity contribution is -0.387. The van der Waals surface area contributed by atoms with E-state index >= 15 is 0 Å². The molecule has 0 unspecified atom stereocenters. The van der Waals surface area contributed by atoms with Crippen LogP contribution in [0.25, 0.3) is 0 Å². The van der Waals surface area contributed by atoms with Crippen molar-refractivity contribution in [3.8, 4) is 6.07 Å². The molecule has 1 aromatic heterocycles. The van der Waals surface area contributed by atoms with E-state index < -0.39 is 10.9 Å². The fourth-order valence-electron chi connectivity index (χ4n) is 1.53. The highest BCUT2D eigenvalue weighted by Crippen LogP contribution is 2.34. The zero-order valence-corrected chi connectivity index (χ0v) is 11.2. The Kier molecular flexibility index (Phi) is 4.15. The summed E-state index contributed by atoms with van der Waals surface area (Å²) in [6.45, 7) is 0. The van der Waals surface area contributed by atoms with E-state index in [0.717, 1.165) is 11.8 Å². The quantitative estimate of drug-likeness (QED) is 0.681. The maximum Gasteiger partial charge on any atom is 0.335 e. The number of hydrogen-bond donors (Lipinski definition) is 1. The van der Waals surface area contributed by atoms with Gasteiger partial charge in [0.1, 0.15) is 5.03 Å². The van der Waals surface area contributed by atoms with Crippen molar-refractivity contribution in [2.75, 3.05) is 0 Å². The first-order valence-corrected chi connectivity index (χ1v) is 6.38. The molecule has 0 amide bonds. The monoisotopic (exact) mass is 301 g/mol. The average molecular weight is 301 g/mol. The molecule has 0 aliphatic heterocycles. The van der Waals surface area contributed by atoms with Gasteiger partial charge in [-0.1, -0.05) is 11.8 Å². The van der Waals surface area contributed by atoms with Crippen LogP contribution in [0.5, 0.6) is 0 Å². The van der Waals surface area contributed by atoms with E-state index in [2.05, 4.69) is 4.98 Å². The zero-order valence-electron chi connectivity index (χ0n) is 10.4. The van der Waals surface area contributed by atoms with Gasteiger partial charge in [-0.3, -0.25) is 10.1 Å². The number of nitriles is 1. The minimum absolute atomic E-state index is 0.0452. The Labute approximate surface area is 123 Å². The number of benzene rings is 1. The van der Waals surface area contributed by atoms with Crippen LogP contribution < -0.4 is 0 Å². The summed E-state index contributed by atoms with van der Waals surface area (Å²) in [6.07, 6.45) is 1.32. The van der Waals surface area contributed by atoms with Crippen molar-refractivity contribution >= 4 is 23.4 Å². The van der Waals surface area contributed by atoms with Crippen LogP contribution in [0.2, 0.25) is 0 Å². The van der Waals surface area contributed by atoms with Gasteiger partial charge in [-0.2, -0.15) is 5.26 Å². The lowest BCUT2D eigenvalue weighted by atomic mass is 10.2. The summed E-state index contributed by atoms with van der Waals surface area (Å²) in [7, 11) is 0. The Bertz CT molecular complexity index is 770. The third kappa shape index (κ3) is 3.34. The number of carboxylic acids is 1. The summed E-state index contributed by atoms with van der Waals surface area (Å²) in [5.41, 5.74) is 0.00340. The zero-order chi connectivity index (χ0) is 15.4. The molecular weight excluding hydrogens is 294 g/mol. The summed E-state index contributed by atoms with van der Waals surface area (Å²) in [5, 5.41) is 29.0. The van der Waals surface area contributed by atoms with Crippen molar-refractivity contribution < 1.29 is 14.8 Å². The summed E-state index contributed by atoms with van der Waals surface area (Å²) in [5.74, 6) is -1.10. The number of nitro benzene ring substituents is 1. The number of aromatic nitrogens is 1. The highest BCUT2D eigenvalue weighted by Gasteiger charge is 2.17. The Morgan fingerprint density at radius 1 is 1.38 bits per heavy atom. The van der Waals surface area contributed by atoms with Crippen LogP contribution in [-0.4, -0.2) is 21.0 Å². The second-order valence-corrected chi connectivity index (χ2v) is 4.90. The number of pyridine rings is 1. The number of carbonyl (C=O) groups is 1. The molecule has 2 rings (SSSR count). The number of aromatic carboxylic acids is 1. The van der Waals surface area contributed by atoms with Gasteiger partial charge in [0.2, 0.25) is 0 Å². The maximum atomic E-state index is 11.0. The molecule has 1 N–H and O–H groups in total. The van der Waals surface area contributed by atoms with Crippen molar-refractivity contribution in [3.63, 3.8) is 0 Å². The Morgan fingerprint density at radius 3 is 2.76 bits per heavy atom. The van der Waals surface area contributed by atoms with Crippen molar-refractivity contribution in [2.45, 2.75) is 9.92 Å². The third-order valence-electron chi connectivity index (χ3n) is 2.48. The molecule has 21 heavy (non-hydrogen) atoms. The predicted octanol–water partition coefficient (Wildman–Crippen LogP) is 2.71. The first-order chi connectivity index (χ1) is 10.0. The van der Waals surface area contributed by atoms with E-state index in [1.165, 1.54) is 36.5 Å². The van der Waals surface area contributed by atoms with Gasteiger partial charge in [-0.15, -0.1) is 0 Å². The number of nitro groups is 1. The molecule has 0 radical (unpaired) electrons. The smallest absolute Gasteiger partial charge is 0.335 e. The molecule has 1 heterocycles. The second-order valence-electron chi connectivity index (χ2n) is 3.84. The van der Waals surface area contributed by atoms with Crippen LogP contribution in [0, 0.1) is 21.4 Å². The molecule has 1 aromatic carbocycles. The Balaban J connectivity index is 2.40. The molecule has 0 aliphatic rings. The Hall–Kier alpha value is -2.92. The van der Waals surface area contributed by atoms with Crippen LogP contribution in [-0.2, 0) is 0 Å². The normalized spacial score (nSPS) is 9.86. The maximum absolute atomic E-state index is 11.0. The summed E-state index contributed by atoms with van der Waals surface area (Å²) >= 11 is 0.968. The van der Waals surface area contributed by atoms with Crippen molar-refractivity contribution in [1.82, 2.24) is 4.98 Å². The van der Waals surface area contributed by atoms with Crippen LogP contribution in [0.3, 0.4) is 0 Å². The van der Waals surface area contributed by atoms with Crippen LogP contribution in [0.1, 0.15) is 15.9 Å². The second kappa shape index (κ2) is 6.02. The van der Waals surface area contributed by atoms with Gasteiger partial charge in [-0.05, 0) is 24.3 Å². The van der Waals surface area contributed by atoms with Gasteiger partial charge in [0.05, 0.1) is 27.0 Å². The highest BCUT2D eigenvalue weighted by molar-refractivity contribution is 7.99. The first-order valence-electron chi connectivity index (χ1n) is 5.57. The molecule has 8 heteroatoms. The van der Waals surface area contributed by atoms with E-state index in [0.29, 0.717) is 5.03 Å². The van der Waals surface area contributed by atoms with Crippen LogP contribution in [0.4, 0.5) is 5.69 Å². The molecule has 0 spiro atoms. The van der Waals surface area contributed by atoms with Gasteiger partial charge >= 0.3 is 5.97 Å². The van der Waals surface area contributed by atoms with Gasteiger partial charge in [0.15, 0.2) is 0 Å². The van der Waals surface area contributed by atoms with Gasteiger partial charge in [-0.25, -0.2) is 9.78 Å². The van der Waals surface area contributed by atoms with Crippen LogP contribution in [0.15, 0.2) is 46.5 Å². The van der Waals surface area contributed by atoms with Crippen molar-refractivity contribution in [1.29, 1.82) is 5.26 Å². The van der Waals surface area contributed by atoms with Crippen molar-refractivity contribution in [3.05, 3.63) is 57.8 Å². The first kappa shape index (κ1) is 14.5. The topological polar surface area (TPSA) is 117 Å². The molecule has 0 aliphatic carbocycles. The van der Waals surface area contributed by atoms with E-state index in [1.54, 1.807) is 0 Å². The van der Waals surface area contributed by atoms with E-state index in [9.17, 15) is 14.9 Å². The third-order valence-corrected chi connectivity index (χ3v) is 3.48. The van der Waals surface area contributed by atoms with E-state index in [4.69, 9.17) is 10.4 Å². The molecule has 0 saturated carbocycles. The SMILES string of the molecule is N#Cc1ccc(Sc2cc(C(=O)O)ccn2)c([N+](=O)[O-])c1. The fourth-order valence-corrected chi connectivity index (χ4v) is 2.43. The minimum Gasteiger partial charge on any atom is -0.478 e. The summed E-state index contributed by atoms with van der Waals surface area (Å²) < 4.78 is 0. The van der Waals surface area contributed by atoms with E-state index in [1.807, 2.05) is 6.07 Å². The molecule has 104 valence electrons. The largest absolute Gasteiger partial charge is 0.478 e. The lowest BCUT2D eigenvalue weighted by Gasteiger charge is -2.03. The molecular formula is C13H7N3O4S. The van der Waals surface area contributed by atoms with Crippen molar-refractivity contribution in [2.24, 2.45) is 0 Å². The standard InChI is InChI=1S/C13H7N3O4S/c14-7-8-1-2-11(10(5-8)16(19)20)21-12-6-9(13(17)18)3-4-15-12/h1-6H,(H,17,18). The van der Waals surface area contributed by atoms with Gasteiger partial charge in [0, 0.05) is 12.3 Å². The highest BCUT2D eigenvalue weighted by atomic mass is 32.2. The molecule has 0 atom stereocenters. The number of rotatable bonds is 4. The molecule has 7 nitrogen and oxygen atoms in total. The minimum atomic E-state index is -1.10. The number of nitrogens with zero attached hydrogens (tertiary/aromatic N) is 3. The fraction of sp³-hybridized carbons (Fsp3) is 0. The summed E-state index contributed by atoms with van der Waals surface area (Å²) in [6, 6.07) is 8.56. The van der Waals surface area contributed by atoms with Gasteiger partial charge < -0.3 is 5.11 Å². The van der Waals surface area contributed by atoms with E-state index in [-0.39, 0.29) is 21.7 Å². The predicted molar refractivity (Wildman–Crippen MR) is 73.1 cm³/mol. The average Bonchev–Trinajstić information content (AvgIpc) is 2.47. The van der Waals surface area contributed by atoms with Crippen LogP contribution >= 0.6 is 11.8 Å². The van der Waals surface area contributed by atoms with Gasteiger partial charge in [0.25, 0.3) is 5.69 Å². The number of carboxylic acid groups (broad SMARTS) is 1. The number of hydrogen-bond acceptors (Lipinski definition) is 6. The molecule has 0 saturated heterocycles. The lowest BCUT2D eigenvalue weighted by Crippen LogP contribution is -1.97.